The highest BCUT2D eigenvalue weighted by Crippen LogP contribution is 2.21. The Hall–Kier alpha value is -3.66. The molecule has 0 radical (unpaired) electrons. The Morgan fingerprint density at radius 3 is 2.36 bits per heavy atom. The Balaban J connectivity index is 1.57. The van der Waals surface area contributed by atoms with Crippen molar-refractivity contribution in [3.05, 3.63) is 95.1 Å². The number of hydrogen-bond acceptors (Lipinski definition) is 4. The average molecular weight is 526 g/mol. The Bertz CT molecular complexity index is 1480. The van der Waals surface area contributed by atoms with Gasteiger partial charge in [0.05, 0.1) is 4.90 Å². The third-order valence-corrected chi connectivity index (χ3v) is 7.43. The number of aryl methyl sites for hydroxylation is 1. The number of para-hydroxylation sites is 1. The molecule has 36 heavy (non-hydrogen) atoms. The first-order valence-corrected chi connectivity index (χ1v) is 13.0. The first-order chi connectivity index (χ1) is 17.2. The van der Waals surface area contributed by atoms with E-state index in [0.29, 0.717) is 17.1 Å². The van der Waals surface area contributed by atoms with E-state index in [-0.39, 0.29) is 17.7 Å². The van der Waals surface area contributed by atoms with Crippen molar-refractivity contribution in [3.8, 4) is 0 Å². The van der Waals surface area contributed by atoms with Gasteiger partial charge < -0.3 is 15.4 Å². The molecule has 186 valence electrons. The van der Waals surface area contributed by atoms with Gasteiger partial charge in [0.25, 0.3) is 0 Å². The van der Waals surface area contributed by atoms with E-state index in [2.05, 4.69) is 15.0 Å². The minimum Gasteiger partial charge on any atom is -0.481 e. The number of anilines is 1. The smallest absolute Gasteiger partial charge is 0.303 e. The molecule has 1 heterocycles. The van der Waals surface area contributed by atoms with E-state index in [9.17, 15) is 18.0 Å². The summed E-state index contributed by atoms with van der Waals surface area (Å²) in [5.41, 5.74) is 2.95. The van der Waals surface area contributed by atoms with Gasteiger partial charge in [-0.05, 0) is 66.4 Å². The highest BCUT2D eigenvalue weighted by atomic mass is 35.5. The van der Waals surface area contributed by atoms with Gasteiger partial charge in [-0.1, -0.05) is 41.9 Å². The maximum atomic E-state index is 13.3. The van der Waals surface area contributed by atoms with Gasteiger partial charge in [-0.3, -0.25) is 9.59 Å². The molecule has 0 bridgehead atoms. The summed E-state index contributed by atoms with van der Waals surface area (Å²) >= 11 is 5.89. The number of benzene rings is 3. The summed E-state index contributed by atoms with van der Waals surface area (Å²) < 4.78 is 28.7. The van der Waals surface area contributed by atoms with Crippen LogP contribution in [0.1, 0.15) is 17.5 Å². The highest BCUT2D eigenvalue weighted by Gasteiger charge is 2.27. The lowest BCUT2D eigenvalue weighted by Gasteiger charge is -2.19. The Morgan fingerprint density at radius 2 is 1.67 bits per heavy atom. The van der Waals surface area contributed by atoms with E-state index >= 15 is 0 Å². The molecule has 0 unspecified atom stereocenters. The zero-order valence-corrected chi connectivity index (χ0v) is 20.6. The van der Waals surface area contributed by atoms with Crippen molar-refractivity contribution >= 4 is 50.1 Å². The fourth-order valence-corrected chi connectivity index (χ4v) is 5.13. The van der Waals surface area contributed by atoms with Crippen LogP contribution in [0, 0.1) is 0 Å². The highest BCUT2D eigenvalue weighted by molar-refractivity contribution is 7.89. The van der Waals surface area contributed by atoms with Crippen LogP contribution in [0.25, 0.3) is 10.9 Å². The number of carbonyl (C=O) groups excluding carboxylic acids is 1. The topological polar surface area (TPSA) is 128 Å². The molecule has 1 amide bonds. The Labute approximate surface area is 213 Å². The second-order valence-electron chi connectivity index (χ2n) is 8.27. The number of H-pyrrole nitrogens is 1. The number of halogens is 1. The lowest BCUT2D eigenvalue weighted by atomic mass is 10.0. The van der Waals surface area contributed by atoms with Crippen molar-refractivity contribution < 1.29 is 23.1 Å². The van der Waals surface area contributed by atoms with E-state index in [1.165, 1.54) is 24.3 Å². The molecule has 0 fully saturated rings. The number of amides is 1. The molecule has 0 spiro atoms. The molecule has 10 heteroatoms. The fraction of sp³-hybridized carbons (Fsp3) is 0.154. The first kappa shape index (κ1) is 25.4. The van der Waals surface area contributed by atoms with Crippen molar-refractivity contribution in [2.45, 2.75) is 30.2 Å². The predicted octanol–water partition coefficient (Wildman–Crippen LogP) is 4.37. The van der Waals surface area contributed by atoms with Crippen LogP contribution in [0.5, 0.6) is 0 Å². The zero-order chi connectivity index (χ0) is 25.7. The minimum absolute atomic E-state index is 0.00484. The number of carbonyl (C=O) groups is 2. The molecule has 0 aliphatic heterocycles. The number of aromatic nitrogens is 1. The van der Waals surface area contributed by atoms with Crippen molar-refractivity contribution in [1.29, 1.82) is 0 Å². The summed E-state index contributed by atoms with van der Waals surface area (Å²) in [6.45, 7) is 0. The molecule has 4 rings (SSSR count). The Kier molecular flexibility index (Phi) is 7.73. The van der Waals surface area contributed by atoms with Crippen LogP contribution in [-0.2, 0) is 32.5 Å². The molecular weight excluding hydrogens is 502 g/mol. The van der Waals surface area contributed by atoms with Crippen LogP contribution < -0.4 is 10.0 Å². The van der Waals surface area contributed by atoms with Crippen molar-refractivity contribution in [3.63, 3.8) is 0 Å². The van der Waals surface area contributed by atoms with Crippen LogP contribution in [0.2, 0.25) is 5.02 Å². The molecule has 0 aliphatic rings. The lowest BCUT2D eigenvalue weighted by molar-refractivity contribution is -0.137. The maximum absolute atomic E-state index is 13.3. The molecule has 1 atom stereocenters. The summed E-state index contributed by atoms with van der Waals surface area (Å²) in [5, 5.41) is 12.9. The summed E-state index contributed by atoms with van der Waals surface area (Å²) in [4.78, 5) is 27.2. The number of rotatable bonds is 10. The van der Waals surface area contributed by atoms with Gasteiger partial charge in [-0.25, -0.2) is 8.42 Å². The van der Waals surface area contributed by atoms with Crippen LogP contribution in [0.4, 0.5) is 5.69 Å². The molecule has 4 N–H and O–H groups in total. The van der Waals surface area contributed by atoms with Crippen LogP contribution in [0.15, 0.2) is 83.9 Å². The van der Waals surface area contributed by atoms with Crippen molar-refractivity contribution in [2.75, 3.05) is 5.32 Å². The third-order valence-electron chi connectivity index (χ3n) is 5.69. The van der Waals surface area contributed by atoms with Gasteiger partial charge in [0, 0.05) is 34.2 Å². The van der Waals surface area contributed by atoms with Gasteiger partial charge in [-0.15, -0.1) is 0 Å². The van der Waals surface area contributed by atoms with E-state index in [1.807, 2.05) is 24.3 Å². The molecule has 1 aromatic heterocycles. The summed E-state index contributed by atoms with van der Waals surface area (Å²) in [6.07, 6.45) is 2.25. The molecule has 8 nitrogen and oxygen atoms in total. The van der Waals surface area contributed by atoms with Crippen molar-refractivity contribution in [1.82, 2.24) is 9.71 Å². The van der Waals surface area contributed by atoms with E-state index < -0.39 is 27.9 Å². The van der Waals surface area contributed by atoms with E-state index in [4.69, 9.17) is 16.7 Å². The second kappa shape index (κ2) is 10.9. The molecule has 3 aromatic carbocycles. The van der Waals surface area contributed by atoms with Crippen LogP contribution >= 0.6 is 11.6 Å². The molecule has 4 aromatic rings. The third kappa shape index (κ3) is 6.31. The Morgan fingerprint density at radius 1 is 0.972 bits per heavy atom. The van der Waals surface area contributed by atoms with Gasteiger partial charge in [-0.2, -0.15) is 4.72 Å². The normalized spacial score (nSPS) is 12.4. The quantitative estimate of drug-likeness (QED) is 0.244. The molecular formula is C26H24ClN3O5S. The fourth-order valence-electron chi connectivity index (χ4n) is 3.81. The predicted molar refractivity (Wildman–Crippen MR) is 139 cm³/mol. The number of aromatic amines is 1. The number of carboxylic acids is 1. The monoisotopic (exact) mass is 525 g/mol. The van der Waals surface area contributed by atoms with Gasteiger partial charge in [0.2, 0.25) is 15.9 Å². The number of carboxylic acid groups (broad SMARTS) is 1. The number of nitrogens with one attached hydrogen (secondary N) is 3. The summed E-state index contributed by atoms with van der Waals surface area (Å²) in [6, 6.07) is 18.9. The number of hydrogen-bond donors (Lipinski definition) is 4. The molecule has 0 aliphatic carbocycles. The SMILES string of the molecule is O=C(O)CCc1ccc(NC(=O)[C@H](Cc2c[nH]c3ccccc23)NS(=O)(=O)c2ccc(Cl)cc2)cc1. The largest absolute Gasteiger partial charge is 0.481 e. The van der Waals surface area contributed by atoms with E-state index in [1.54, 1.807) is 30.5 Å². The van der Waals surface area contributed by atoms with Crippen molar-refractivity contribution in [2.24, 2.45) is 0 Å². The minimum atomic E-state index is -4.03. The summed E-state index contributed by atoms with van der Waals surface area (Å²) in [7, 11) is -4.03. The lowest BCUT2D eigenvalue weighted by Crippen LogP contribution is -2.45. The standard InChI is InChI=1S/C26H24ClN3O5S/c27-19-8-12-21(13-9-19)36(34,35)30-24(15-18-16-28-23-4-2-1-3-22(18)23)26(33)29-20-10-5-17(6-11-20)7-14-25(31)32/h1-6,8-13,16,24,28,30H,7,14-15H2,(H,29,33)(H,31,32)/t24-/m0/s1. The number of aliphatic carboxylic acids is 1. The first-order valence-electron chi connectivity index (χ1n) is 11.2. The molecule has 0 saturated heterocycles. The van der Waals surface area contributed by atoms with Crippen LogP contribution in [-0.4, -0.2) is 36.4 Å². The maximum Gasteiger partial charge on any atom is 0.303 e. The van der Waals surface area contributed by atoms with Gasteiger partial charge in [0.15, 0.2) is 0 Å². The van der Waals surface area contributed by atoms with Gasteiger partial charge in [0.1, 0.15) is 6.04 Å². The average Bonchev–Trinajstić information content (AvgIpc) is 3.26. The van der Waals surface area contributed by atoms with Gasteiger partial charge >= 0.3 is 5.97 Å². The number of fused-ring (bicyclic) bond motifs is 1. The number of sulfonamides is 1. The molecule has 0 saturated carbocycles. The summed E-state index contributed by atoms with van der Waals surface area (Å²) in [5.74, 6) is -1.42. The second-order valence-corrected chi connectivity index (χ2v) is 10.4. The van der Waals surface area contributed by atoms with Crippen LogP contribution in [0.3, 0.4) is 0 Å². The zero-order valence-electron chi connectivity index (χ0n) is 19.1. The van der Waals surface area contributed by atoms with E-state index in [0.717, 1.165) is 22.0 Å².